The molecule has 1 rings (SSSR count). The fourth-order valence-electron chi connectivity index (χ4n) is 1.86. The zero-order valence-electron chi connectivity index (χ0n) is 15.4. The number of hydrogen-bond donors (Lipinski definition) is 4. The van der Waals surface area contributed by atoms with Crippen molar-refractivity contribution in [1.29, 1.82) is 0 Å². The van der Waals surface area contributed by atoms with Crippen molar-refractivity contribution >= 4 is 41.7 Å². The molecule has 0 aliphatic heterocycles. The Morgan fingerprint density at radius 3 is 2.21 bits per heavy atom. The van der Waals surface area contributed by atoms with Crippen molar-refractivity contribution in [2.75, 3.05) is 12.4 Å². The van der Waals surface area contributed by atoms with E-state index < -0.39 is 0 Å². The first-order chi connectivity index (χ1) is 10.7. The van der Waals surface area contributed by atoms with Gasteiger partial charge in [0.1, 0.15) is 0 Å². The van der Waals surface area contributed by atoms with Crippen molar-refractivity contribution < 1.29 is 4.79 Å². The lowest BCUT2D eigenvalue weighted by Gasteiger charge is -2.23. The number of carbonyl (C=O) groups is 1. The molecule has 0 aliphatic rings. The Bertz CT molecular complexity index is 535. The molecule has 0 fully saturated rings. The molecule has 0 spiro atoms. The number of nitrogens with one attached hydrogen (secondary N) is 4. The van der Waals surface area contributed by atoms with Gasteiger partial charge in [-0.3, -0.25) is 4.99 Å². The van der Waals surface area contributed by atoms with Crippen molar-refractivity contribution in [3.05, 3.63) is 29.8 Å². The maximum absolute atomic E-state index is 11.6. The molecular weight excluding hydrogens is 417 g/mol. The summed E-state index contributed by atoms with van der Waals surface area (Å²) >= 11 is 0. The van der Waals surface area contributed by atoms with Gasteiger partial charge in [0.2, 0.25) is 0 Å². The number of rotatable bonds is 4. The van der Waals surface area contributed by atoms with E-state index in [0.29, 0.717) is 6.54 Å². The molecule has 0 aliphatic carbocycles. The van der Waals surface area contributed by atoms with Crippen molar-refractivity contribution in [2.45, 2.75) is 52.7 Å². The monoisotopic (exact) mass is 447 g/mol. The van der Waals surface area contributed by atoms with E-state index >= 15 is 0 Å². The minimum Gasteiger partial charge on any atom is -0.352 e. The number of nitrogens with zero attached hydrogens (tertiary/aromatic N) is 1. The van der Waals surface area contributed by atoms with E-state index in [4.69, 9.17) is 0 Å². The maximum Gasteiger partial charge on any atom is 0.319 e. The van der Waals surface area contributed by atoms with Crippen LogP contribution in [0.3, 0.4) is 0 Å². The number of halogens is 1. The summed E-state index contributed by atoms with van der Waals surface area (Å²) in [5, 5.41) is 12.2. The lowest BCUT2D eigenvalue weighted by molar-refractivity contribution is 0.250. The zero-order valence-corrected chi connectivity index (χ0v) is 17.7. The molecule has 0 unspecified atom stereocenters. The van der Waals surface area contributed by atoms with Gasteiger partial charge in [-0.2, -0.15) is 0 Å². The summed E-state index contributed by atoms with van der Waals surface area (Å²) in [5.74, 6) is 0.760. The molecule has 0 radical (unpaired) electrons. The minimum absolute atomic E-state index is 0. The normalized spacial score (nSPS) is 11.5. The van der Waals surface area contributed by atoms with Crippen LogP contribution in [0.25, 0.3) is 0 Å². The number of carbonyl (C=O) groups excluding carboxylic acids is 1. The second-order valence-electron chi connectivity index (χ2n) is 6.75. The highest BCUT2D eigenvalue weighted by Gasteiger charge is 2.11. The van der Waals surface area contributed by atoms with Gasteiger partial charge in [0.15, 0.2) is 5.96 Å². The number of hydrogen-bond acceptors (Lipinski definition) is 2. The van der Waals surface area contributed by atoms with Gasteiger partial charge in [0.25, 0.3) is 0 Å². The van der Waals surface area contributed by atoms with Gasteiger partial charge in [-0.15, -0.1) is 24.0 Å². The standard InChI is InChI=1S/C17H29N5O.HI/c1-12(2)20-16(23)21-14-9-7-13(8-10-14)11-19-15(18-6)22-17(3,4)5;/h7-10,12H,11H2,1-6H3,(H2,18,19,22)(H2,20,21,23);1H. The molecule has 24 heavy (non-hydrogen) atoms. The lowest BCUT2D eigenvalue weighted by atomic mass is 10.1. The summed E-state index contributed by atoms with van der Waals surface area (Å²) < 4.78 is 0. The molecular formula is C17H30IN5O. The second-order valence-corrected chi connectivity index (χ2v) is 6.75. The Balaban J connectivity index is 0.00000529. The maximum atomic E-state index is 11.6. The Morgan fingerprint density at radius 2 is 1.75 bits per heavy atom. The Hall–Kier alpha value is -1.51. The summed E-state index contributed by atoms with van der Waals surface area (Å²) in [5.41, 5.74) is 1.83. The van der Waals surface area contributed by atoms with Crippen LogP contribution >= 0.6 is 24.0 Å². The van der Waals surface area contributed by atoms with E-state index in [0.717, 1.165) is 17.2 Å². The van der Waals surface area contributed by atoms with Crippen LogP contribution in [0, 0.1) is 0 Å². The highest BCUT2D eigenvalue weighted by molar-refractivity contribution is 14.0. The highest BCUT2D eigenvalue weighted by atomic mass is 127. The zero-order chi connectivity index (χ0) is 17.5. The molecule has 0 saturated carbocycles. The van der Waals surface area contributed by atoms with Gasteiger partial charge in [-0.25, -0.2) is 4.79 Å². The molecule has 4 N–H and O–H groups in total. The number of benzene rings is 1. The Morgan fingerprint density at radius 1 is 1.17 bits per heavy atom. The van der Waals surface area contributed by atoms with E-state index in [1.807, 2.05) is 38.1 Å². The van der Waals surface area contributed by atoms with E-state index in [9.17, 15) is 4.79 Å². The second kappa shape index (κ2) is 10.4. The molecule has 0 heterocycles. The first kappa shape index (κ1) is 22.5. The van der Waals surface area contributed by atoms with Gasteiger partial charge < -0.3 is 21.3 Å². The van der Waals surface area contributed by atoms with Crippen molar-refractivity contribution in [1.82, 2.24) is 16.0 Å². The molecule has 6 nitrogen and oxygen atoms in total. The molecule has 0 saturated heterocycles. The average Bonchev–Trinajstić information content (AvgIpc) is 2.42. The van der Waals surface area contributed by atoms with Gasteiger partial charge >= 0.3 is 6.03 Å². The molecule has 136 valence electrons. The van der Waals surface area contributed by atoms with Gasteiger partial charge in [0, 0.05) is 30.9 Å². The largest absolute Gasteiger partial charge is 0.352 e. The van der Waals surface area contributed by atoms with Crippen LogP contribution in [0.2, 0.25) is 0 Å². The third-order valence-corrected chi connectivity index (χ3v) is 2.81. The minimum atomic E-state index is -0.194. The molecule has 1 aromatic rings. The average molecular weight is 447 g/mol. The van der Waals surface area contributed by atoms with Crippen LogP contribution < -0.4 is 21.3 Å². The number of guanidine groups is 1. The summed E-state index contributed by atoms with van der Waals surface area (Å²) in [6.07, 6.45) is 0. The molecule has 1 aromatic carbocycles. The first-order valence-electron chi connectivity index (χ1n) is 7.85. The van der Waals surface area contributed by atoms with Crippen molar-refractivity contribution in [3.8, 4) is 0 Å². The third-order valence-electron chi connectivity index (χ3n) is 2.81. The van der Waals surface area contributed by atoms with Crippen LogP contribution in [-0.2, 0) is 6.54 Å². The van der Waals surface area contributed by atoms with Gasteiger partial charge in [0.05, 0.1) is 0 Å². The number of anilines is 1. The van der Waals surface area contributed by atoms with Crippen LogP contribution in [0.5, 0.6) is 0 Å². The lowest BCUT2D eigenvalue weighted by Crippen LogP contribution is -2.47. The van der Waals surface area contributed by atoms with E-state index in [1.54, 1.807) is 7.05 Å². The quantitative estimate of drug-likeness (QED) is 0.325. The summed E-state index contributed by atoms with van der Waals surface area (Å²) in [6.45, 7) is 10.8. The molecule has 7 heteroatoms. The van der Waals surface area contributed by atoms with E-state index in [1.165, 1.54) is 0 Å². The van der Waals surface area contributed by atoms with Crippen LogP contribution in [0.1, 0.15) is 40.2 Å². The molecule has 2 amide bonds. The van der Waals surface area contributed by atoms with Crippen LogP contribution in [0.4, 0.5) is 10.5 Å². The smallest absolute Gasteiger partial charge is 0.319 e. The van der Waals surface area contributed by atoms with Crippen LogP contribution in [0.15, 0.2) is 29.3 Å². The van der Waals surface area contributed by atoms with E-state index in [-0.39, 0.29) is 41.6 Å². The molecule has 0 atom stereocenters. The van der Waals surface area contributed by atoms with Crippen LogP contribution in [-0.4, -0.2) is 30.6 Å². The van der Waals surface area contributed by atoms with Gasteiger partial charge in [-0.05, 0) is 52.3 Å². The number of aliphatic imine (C=N–C) groups is 1. The highest BCUT2D eigenvalue weighted by Crippen LogP contribution is 2.09. The summed E-state index contributed by atoms with van der Waals surface area (Å²) in [7, 11) is 1.75. The SMILES string of the molecule is CN=C(NCc1ccc(NC(=O)NC(C)C)cc1)NC(C)(C)C.I. The third kappa shape index (κ3) is 9.59. The summed E-state index contributed by atoms with van der Waals surface area (Å²) in [4.78, 5) is 15.8. The predicted octanol–water partition coefficient (Wildman–Crippen LogP) is 3.30. The van der Waals surface area contributed by atoms with Gasteiger partial charge in [-0.1, -0.05) is 12.1 Å². The van der Waals surface area contributed by atoms with Crippen molar-refractivity contribution in [2.24, 2.45) is 4.99 Å². The number of urea groups is 1. The number of amides is 2. The molecule has 0 aromatic heterocycles. The first-order valence-corrected chi connectivity index (χ1v) is 7.85. The topological polar surface area (TPSA) is 77.5 Å². The van der Waals surface area contributed by atoms with E-state index in [2.05, 4.69) is 47.0 Å². The Kier molecular flexibility index (Phi) is 9.72. The summed E-state index contributed by atoms with van der Waals surface area (Å²) in [6, 6.07) is 7.64. The predicted molar refractivity (Wildman–Crippen MR) is 112 cm³/mol. The fraction of sp³-hybridized carbons (Fsp3) is 0.529. The van der Waals surface area contributed by atoms with Crippen molar-refractivity contribution in [3.63, 3.8) is 0 Å². The molecule has 0 bridgehead atoms. The fourth-order valence-corrected chi connectivity index (χ4v) is 1.86. The Labute approximate surface area is 162 Å².